The molecule has 0 aromatic heterocycles. The van der Waals surface area contributed by atoms with Gasteiger partial charge in [0.2, 0.25) is 5.91 Å². The van der Waals surface area contributed by atoms with Crippen molar-refractivity contribution in [2.75, 3.05) is 24.3 Å². The molecule has 0 bridgehead atoms. The van der Waals surface area contributed by atoms with Crippen molar-refractivity contribution in [1.29, 1.82) is 5.41 Å². The molecule has 6 heteroatoms. The van der Waals surface area contributed by atoms with Crippen LogP contribution in [0.25, 0.3) is 0 Å². The average molecular weight is 335 g/mol. The molecule has 124 valence electrons. The molecule has 0 aliphatic heterocycles. The molecule has 0 heterocycles. The number of amides is 1. The summed E-state index contributed by atoms with van der Waals surface area (Å²) in [6, 6.07) is 5.57. The monoisotopic (exact) mass is 334 g/mol. The fourth-order valence-electron chi connectivity index (χ4n) is 2.39. The molecule has 1 aliphatic rings. The number of anilines is 2. The van der Waals surface area contributed by atoms with Gasteiger partial charge in [-0.1, -0.05) is 11.6 Å². The van der Waals surface area contributed by atoms with Gasteiger partial charge in [-0.3, -0.25) is 4.79 Å². The maximum atomic E-state index is 12.7. The van der Waals surface area contributed by atoms with Crippen LogP contribution in [0.1, 0.15) is 26.2 Å². The van der Waals surface area contributed by atoms with Crippen molar-refractivity contribution in [3.05, 3.63) is 35.0 Å². The van der Waals surface area contributed by atoms with Gasteiger partial charge in [0.1, 0.15) is 5.54 Å². The first kappa shape index (κ1) is 17.3. The highest BCUT2D eigenvalue weighted by Gasteiger charge is 2.43. The van der Waals surface area contributed by atoms with E-state index in [2.05, 4.69) is 10.6 Å². The van der Waals surface area contributed by atoms with E-state index >= 15 is 0 Å². The van der Waals surface area contributed by atoms with Crippen LogP contribution in [0.5, 0.6) is 0 Å². The van der Waals surface area contributed by atoms with Gasteiger partial charge in [0.15, 0.2) is 0 Å². The van der Waals surface area contributed by atoms with Crippen LogP contribution >= 0.6 is 11.6 Å². The fourth-order valence-corrected chi connectivity index (χ4v) is 2.61. The van der Waals surface area contributed by atoms with Crippen molar-refractivity contribution in [1.82, 2.24) is 5.32 Å². The number of nitrogens with one attached hydrogen (secondary N) is 3. The predicted octanol–water partition coefficient (Wildman–Crippen LogP) is 3.41. The lowest BCUT2D eigenvalue weighted by Gasteiger charge is -2.40. The van der Waals surface area contributed by atoms with Crippen LogP contribution in [-0.2, 0) is 4.79 Å². The lowest BCUT2D eigenvalue weighted by Crippen LogP contribution is -2.57. The highest BCUT2D eigenvalue weighted by molar-refractivity contribution is 6.34. The minimum Gasteiger partial charge on any atom is -0.378 e. The SMILES string of the molecule is C/C(C=N)=C/NC1(C(=O)Nc2ccc(N(C)C)cc2Cl)CCC1. The molecule has 0 radical (unpaired) electrons. The minimum atomic E-state index is -0.603. The molecule has 0 spiro atoms. The molecule has 1 aromatic rings. The Balaban J connectivity index is 2.12. The number of benzene rings is 1. The Morgan fingerprint density at radius 3 is 2.57 bits per heavy atom. The van der Waals surface area contributed by atoms with Crippen molar-refractivity contribution in [2.45, 2.75) is 31.7 Å². The number of carbonyl (C=O) groups excluding carboxylic acids is 1. The van der Waals surface area contributed by atoms with Crippen molar-refractivity contribution in [3.63, 3.8) is 0 Å². The standard InChI is InChI=1S/C17H23ClN4O/c1-12(10-19)11-20-17(7-4-8-17)16(23)21-15-6-5-13(22(2)3)9-14(15)18/h5-6,9-11,19-20H,4,7-8H2,1-3H3,(H,21,23)/b12-11-,19-10?. The molecule has 3 N–H and O–H groups in total. The summed E-state index contributed by atoms with van der Waals surface area (Å²) in [5, 5.41) is 13.8. The first-order valence-corrected chi connectivity index (χ1v) is 7.99. The second-order valence-corrected chi connectivity index (χ2v) is 6.53. The van der Waals surface area contributed by atoms with Gasteiger partial charge in [0.05, 0.1) is 10.7 Å². The van der Waals surface area contributed by atoms with Gasteiger partial charge in [0, 0.05) is 32.2 Å². The van der Waals surface area contributed by atoms with E-state index in [1.54, 1.807) is 6.20 Å². The molecule has 1 amide bonds. The van der Waals surface area contributed by atoms with Crippen LogP contribution < -0.4 is 15.5 Å². The van der Waals surface area contributed by atoms with E-state index in [1.165, 1.54) is 6.21 Å². The van der Waals surface area contributed by atoms with Gasteiger partial charge >= 0.3 is 0 Å². The third-order valence-corrected chi connectivity index (χ3v) is 4.48. The van der Waals surface area contributed by atoms with E-state index < -0.39 is 5.54 Å². The molecule has 0 saturated heterocycles. The zero-order chi connectivity index (χ0) is 17.0. The van der Waals surface area contributed by atoms with Crippen LogP contribution in [0.2, 0.25) is 5.02 Å². The highest BCUT2D eigenvalue weighted by Crippen LogP contribution is 2.34. The average Bonchev–Trinajstić information content (AvgIpc) is 2.47. The van der Waals surface area contributed by atoms with E-state index in [0.717, 1.165) is 30.5 Å². The van der Waals surface area contributed by atoms with E-state index in [0.29, 0.717) is 10.7 Å². The minimum absolute atomic E-state index is 0.0858. The molecule has 23 heavy (non-hydrogen) atoms. The van der Waals surface area contributed by atoms with E-state index in [1.807, 2.05) is 44.1 Å². The van der Waals surface area contributed by atoms with Crippen LogP contribution in [0.4, 0.5) is 11.4 Å². The third-order valence-electron chi connectivity index (χ3n) is 4.16. The lowest BCUT2D eigenvalue weighted by atomic mass is 9.76. The largest absolute Gasteiger partial charge is 0.378 e. The Kier molecular flexibility index (Phi) is 5.31. The van der Waals surface area contributed by atoms with Gasteiger partial charge in [-0.05, 0) is 50.0 Å². The van der Waals surface area contributed by atoms with E-state index in [-0.39, 0.29) is 5.91 Å². The second kappa shape index (κ2) is 7.04. The van der Waals surface area contributed by atoms with Crippen molar-refractivity contribution < 1.29 is 4.79 Å². The molecule has 1 saturated carbocycles. The quantitative estimate of drug-likeness (QED) is 0.698. The smallest absolute Gasteiger partial charge is 0.250 e. The maximum absolute atomic E-state index is 12.7. The number of nitrogens with zero attached hydrogens (tertiary/aromatic N) is 1. The number of rotatable bonds is 6. The predicted molar refractivity (Wildman–Crippen MR) is 96.7 cm³/mol. The fraction of sp³-hybridized carbons (Fsp3) is 0.412. The number of halogens is 1. The molecular formula is C17H23ClN4O. The Bertz CT molecular complexity index is 635. The van der Waals surface area contributed by atoms with Crippen LogP contribution in [0.15, 0.2) is 30.0 Å². The Labute approximate surface area is 142 Å². The molecule has 1 aliphatic carbocycles. The Hall–Kier alpha value is -2.01. The Morgan fingerprint density at radius 1 is 1.39 bits per heavy atom. The summed E-state index contributed by atoms with van der Waals surface area (Å²) in [4.78, 5) is 14.6. The summed E-state index contributed by atoms with van der Waals surface area (Å²) in [7, 11) is 3.88. The van der Waals surface area contributed by atoms with Gasteiger partial charge in [-0.25, -0.2) is 0 Å². The number of hydrogen-bond donors (Lipinski definition) is 3. The van der Waals surface area contributed by atoms with Crippen LogP contribution in [0, 0.1) is 5.41 Å². The first-order valence-electron chi connectivity index (χ1n) is 7.61. The van der Waals surface area contributed by atoms with E-state index in [9.17, 15) is 4.79 Å². The van der Waals surface area contributed by atoms with E-state index in [4.69, 9.17) is 17.0 Å². The van der Waals surface area contributed by atoms with Crippen LogP contribution in [-0.4, -0.2) is 31.8 Å². The number of carbonyl (C=O) groups is 1. The topological polar surface area (TPSA) is 68.2 Å². The molecular weight excluding hydrogens is 312 g/mol. The third kappa shape index (κ3) is 3.85. The van der Waals surface area contributed by atoms with Gasteiger partial charge in [-0.15, -0.1) is 0 Å². The molecule has 1 fully saturated rings. The van der Waals surface area contributed by atoms with Gasteiger partial charge in [0.25, 0.3) is 0 Å². The van der Waals surface area contributed by atoms with Gasteiger partial charge in [-0.2, -0.15) is 0 Å². The van der Waals surface area contributed by atoms with Crippen LogP contribution in [0.3, 0.4) is 0 Å². The number of hydrogen-bond acceptors (Lipinski definition) is 4. The lowest BCUT2D eigenvalue weighted by molar-refractivity contribution is -0.125. The van der Waals surface area contributed by atoms with Crippen molar-refractivity contribution >= 4 is 35.1 Å². The van der Waals surface area contributed by atoms with Crippen molar-refractivity contribution in [2.24, 2.45) is 0 Å². The van der Waals surface area contributed by atoms with Crippen molar-refractivity contribution in [3.8, 4) is 0 Å². The molecule has 5 nitrogen and oxygen atoms in total. The second-order valence-electron chi connectivity index (χ2n) is 6.13. The highest BCUT2D eigenvalue weighted by atomic mass is 35.5. The summed E-state index contributed by atoms with van der Waals surface area (Å²) in [5.74, 6) is -0.0858. The summed E-state index contributed by atoms with van der Waals surface area (Å²) in [5.41, 5.74) is 1.77. The summed E-state index contributed by atoms with van der Waals surface area (Å²) in [6.45, 7) is 1.82. The zero-order valence-electron chi connectivity index (χ0n) is 13.7. The first-order chi connectivity index (χ1) is 10.9. The summed E-state index contributed by atoms with van der Waals surface area (Å²) >= 11 is 6.28. The molecule has 0 unspecified atom stereocenters. The summed E-state index contributed by atoms with van der Waals surface area (Å²) in [6.07, 6.45) is 5.53. The summed E-state index contributed by atoms with van der Waals surface area (Å²) < 4.78 is 0. The zero-order valence-corrected chi connectivity index (χ0v) is 14.5. The number of allylic oxidation sites excluding steroid dienone is 1. The maximum Gasteiger partial charge on any atom is 0.250 e. The molecule has 2 rings (SSSR count). The van der Waals surface area contributed by atoms with Gasteiger partial charge < -0.3 is 20.9 Å². The molecule has 0 atom stereocenters. The normalized spacial score (nSPS) is 16.3. The molecule has 1 aromatic carbocycles. The Morgan fingerprint density at radius 2 is 2.09 bits per heavy atom.